The third-order valence-corrected chi connectivity index (χ3v) is 3.28. The third-order valence-electron chi connectivity index (χ3n) is 3.09. The summed E-state index contributed by atoms with van der Waals surface area (Å²) in [4.78, 5) is 3.90. The monoisotopic (exact) mass is 297 g/mol. The van der Waals surface area contributed by atoms with Gasteiger partial charge < -0.3 is 5.11 Å². The number of hydrogen-bond donors (Lipinski definition) is 1. The molecule has 20 heavy (non-hydrogen) atoms. The number of hydrogen-bond acceptors (Lipinski definition) is 3. The van der Waals surface area contributed by atoms with E-state index in [1.807, 2.05) is 20.8 Å². The lowest BCUT2D eigenvalue weighted by Crippen LogP contribution is -2.37. The average molecular weight is 298 g/mol. The number of aliphatic hydroxyl groups is 1. The maximum atomic E-state index is 10.7. The van der Waals surface area contributed by atoms with Gasteiger partial charge in [-0.15, -0.1) is 0 Å². The maximum Gasteiger partial charge on any atom is 0.137 e. The summed E-state index contributed by atoms with van der Waals surface area (Å²) in [5, 5.41) is 14.6. The van der Waals surface area contributed by atoms with Crippen LogP contribution in [0.3, 0.4) is 0 Å². The standard InChI is InChI=1S/C15H20ClN3O/c1-15(2,3)14(20)13(19-10-17-9-18-19)8-11-4-6-12(16)7-5-11/h4-7,9-10,13-14,20H,8H2,1-3H3/t13?,14-/m1/s1/i4D,5D,6D,7D. The average Bonchev–Trinajstić information content (AvgIpc) is 3.04. The minimum absolute atomic E-state index is 0.0778. The number of benzene rings is 1. The first-order chi connectivity index (χ1) is 11.1. The highest BCUT2D eigenvalue weighted by molar-refractivity contribution is 6.30. The van der Waals surface area contributed by atoms with Gasteiger partial charge in [-0.25, -0.2) is 9.67 Å². The molecular formula is C15H20ClN3O. The van der Waals surface area contributed by atoms with Crippen LogP contribution in [0.25, 0.3) is 0 Å². The van der Waals surface area contributed by atoms with Gasteiger partial charge in [0.15, 0.2) is 0 Å². The molecule has 4 nitrogen and oxygen atoms in total. The van der Waals surface area contributed by atoms with Crippen LogP contribution in [0.2, 0.25) is 5.02 Å². The highest BCUT2D eigenvalue weighted by atomic mass is 35.5. The van der Waals surface area contributed by atoms with E-state index in [0.29, 0.717) is 0 Å². The molecule has 2 rings (SSSR count). The number of aromatic nitrogens is 3. The number of rotatable bonds is 4. The van der Waals surface area contributed by atoms with Gasteiger partial charge in [-0.2, -0.15) is 5.10 Å². The van der Waals surface area contributed by atoms with Gasteiger partial charge in [0.25, 0.3) is 0 Å². The van der Waals surface area contributed by atoms with Gasteiger partial charge in [-0.1, -0.05) is 44.5 Å². The molecule has 0 spiro atoms. The molecule has 0 aliphatic rings. The lowest BCUT2D eigenvalue weighted by Gasteiger charge is -2.33. The Morgan fingerprint density at radius 1 is 1.35 bits per heavy atom. The van der Waals surface area contributed by atoms with Crippen molar-refractivity contribution in [1.29, 1.82) is 0 Å². The maximum absolute atomic E-state index is 10.7. The summed E-state index contributed by atoms with van der Waals surface area (Å²) in [6.45, 7) is 5.62. The van der Waals surface area contributed by atoms with Crippen LogP contribution in [0.5, 0.6) is 0 Å². The smallest absolute Gasteiger partial charge is 0.137 e. The van der Waals surface area contributed by atoms with E-state index in [0.717, 1.165) is 0 Å². The largest absolute Gasteiger partial charge is 0.390 e. The molecule has 1 aromatic heterocycles. The van der Waals surface area contributed by atoms with Crippen molar-refractivity contribution in [2.45, 2.75) is 39.3 Å². The van der Waals surface area contributed by atoms with Crippen LogP contribution in [0, 0.1) is 5.41 Å². The van der Waals surface area contributed by atoms with Gasteiger partial charge in [0, 0.05) is 5.02 Å². The van der Waals surface area contributed by atoms with Crippen molar-refractivity contribution in [2.75, 3.05) is 0 Å². The molecule has 0 fully saturated rings. The van der Waals surface area contributed by atoms with Crippen molar-refractivity contribution in [3.8, 4) is 0 Å². The lowest BCUT2D eigenvalue weighted by molar-refractivity contribution is 0.0124. The number of aliphatic hydroxyl groups excluding tert-OH is 1. The molecule has 2 atom stereocenters. The van der Waals surface area contributed by atoms with Crippen LogP contribution in [0.4, 0.5) is 0 Å². The first-order valence-corrected chi connectivity index (χ1v) is 6.70. The van der Waals surface area contributed by atoms with E-state index in [1.54, 1.807) is 0 Å². The van der Waals surface area contributed by atoms with E-state index < -0.39 is 17.6 Å². The minimum Gasteiger partial charge on any atom is -0.390 e. The second-order valence-electron chi connectivity index (χ2n) is 5.75. The first kappa shape index (κ1) is 10.4. The molecule has 0 bridgehead atoms. The van der Waals surface area contributed by atoms with E-state index in [4.69, 9.17) is 17.1 Å². The Morgan fingerprint density at radius 3 is 2.50 bits per heavy atom. The van der Waals surface area contributed by atoms with Gasteiger partial charge in [0.05, 0.1) is 17.6 Å². The van der Waals surface area contributed by atoms with Crippen LogP contribution in [0.15, 0.2) is 36.8 Å². The van der Waals surface area contributed by atoms with Gasteiger partial charge in [-0.3, -0.25) is 0 Å². The van der Waals surface area contributed by atoms with Crippen LogP contribution < -0.4 is 0 Å². The lowest BCUT2D eigenvalue weighted by atomic mass is 9.82. The van der Waals surface area contributed by atoms with Crippen LogP contribution in [0.1, 0.15) is 37.9 Å². The SMILES string of the molecule is [2H]c1c([2H])c(CC([C@@H](O)C(C)(C)C)n2cncn2)c([2H])c([2H])c1Cl. The topological polar surface area (TPSA) is 50.9 Å². The van der Waals surface area contributed by atoms with Gasteiger partial charge >= 0.3 is 0 Å². The van der Waals surface area contributed by atoms with Crippen molar-refractivity contribution in [2.24, 2.45) is 5.41 Å². The molecule has 0 saturated carbocycles. The summed E-state index contributed by atoms with van der Waals surface area (Å²) >= 11 is 5.84. The molecule has 0 aliphatic carbocycles. The molecule has 1 N–H and O–H groups in total. The molecule has 1 heterocycles. The van der Waals surface area contributed by atoms with Crippen molar-refractivity contribution in [1.82, 2.24) is 14.8 Å². The van der Waals surface area contributed by atoms with Gasteiger partial charge in [-0.05, 0) is 29.5 Å². The molecule has 1 unspecified atom stereocenters. The molecule has 0 saturated heterocycles. The predicted octanol–water partition coefficient (Wildman–Crippen LogP) is 3.12. The zero-order valence-corrected chi connectivity index (χ0v) is 12.4. The molecule has 108 valence electrons. The minimum atomic E-state index is -0.836. The zero-order chi connectivity index (χ0) is 18.2. The summed E-state index contributed by atoms with van der Waals surface area (Å²) < 4.78 is 33.4. The molecule has 0 amide bonds. The fourth-order valence-corrected chi connectivity index (χ4v) is 2.04. The predicted molar refractivity (Wildman–Crippen MR) is 79.7 cm³/mol. The molecule has 0 aliphatic heterocycles. The van der Waals surface area contributed by atoms with Crippen molar-refractivity contribution < 1.29 is 10.6 Å². The zero-order valence-electron chi connectivity index (χ0n) is 15.7. The van der Waals surface area contributed by atoms with Crippen LogP contribution in [-0.2, 0) is 6.42 Å². The second-order valence-corrected chi connectivity index (χ2v) is 6.13. The van der Waals surface area contributed by atoms with Crippen molar-refractivity contribution in [3.05, 3.63) is 47.4 Å². The third kappa shape index (κ3) is 3.58. The quantitative estimate of drug-likeness (QED) is 0.943. The fraction of sp³-hybridized carbons (Fsp3) is 0.467. The van der Waals surface area contributed by atoms with Crippen molar-refractivity contribution >= 4 is 11.6 Å². The Balaban J connectivity index is 2.53. The van der Waals surface area contributed by atoms with Gasteiger partial charge in [0.1, 0.15) is 12.7 Å². The van der Waals surface area contributed by atoms with Crippen molar-refractivity contribution in [3.63, 3.8) is 0 Å². The summed E-state index contributed by atoms with van der Waals surface area (Å²) in [6.07, 6.45) is 2.05. The fourth-order valence-electron chi connectivity index (χ4n) is 1.95. The Bertz CT molecular complexity index is 702. The Hall–Kier alpha value is -1.39. The summed E-state index contributed by atoms with van der Waals surface area (Å²) in [5.41, 5.74) is -0.278. The molecule has 2 aromatic rings. The summed E-state index contributed by atoms with van der Waals surface area (Å²) in [6, 6.07) is -1.55. The normalized spacial score (nSPS) is 17.9. The molecular weight excluding hydrogens is 274 g/mol. The van der Waals surface area contributed by atoms with E-state index in [1.165, 1.54) is 17.3 Å². The van der Waals surface area contributed by atoms with E-state index in [2.05, 4.69) is 10.1 Å². The Labute approximate surface area is 130 Å². The van der Waals surface area contributed by atoms with E-state index in [-0.39, 0.29) is 41.2 Å². The molecule has 0 radical (unpaired) electrons. The summed E-state index contributed by atoms with van der Waals surface area (Å²) in [5.74, 6) is 0. The van der Waals surface area contributed by atoms with E-state index in [9.17, 15) is 5.11 Å². The molecule has 1 aromatic carbocycles. The van der Waals surface area contributed by atoms with Gasteiger partial charge in [0.2, 0.25) is 0 Å². The van der Waals surface area contributed by atoms with Crippen LogP contribution in [-0.4, -0.2) is 26.0 Å². The molecule has 5 heteroatoms. The Morgan fingerprint density at radius 2 is 2.00 bits per heavy atom. The highest BCUT2D eigenvalue weighted by Crippen LogP contribution is 2.30. The number of nitrogens with zero attached hydrogens (tertiary/aromatic N) is 3. The highest BCUT2D eigenvalue weighted by Gasteiger charge is 2.32. The number of halogens is 1. The second kappa shape index (κ2) is 5.94. The summed E-state index contributed by atoms with van der Waals surface area (Å²) in [7, 11) is 0. The first-order valence-electron chi connectivity index (χ1n) is 8.32. The van der Waals surface area contributed by atoms with E-state index >= 15 is 0 Å². The Kier molecular flexibility index (Phi) is 3.07. The van der Waals surface area contributed by atoms with Crippen LogP contribution >= 0.6 is 11.6 Å².